The van der Waals surface area contributed by atoms with Gasteiger partial charge in [0, 0.05) is 23.7 Å². The Bertz CT molecular complexity index is 1500. The van der Waals surface area contributed by atoms with E-state index in [1.807, 2.05) is 19.9 Å². The smallest absolute Gasteiger partial charge is 0.284 e. The van der Waals surface area contributed by atoms with Crippen LogP contribution in [-0.4, -0.2) is 30.7 Å². The van der Waals surface area contributed by atoms with Crippen molar-refractivity contribution in [2.24, 2.45) is 0 Å². The van der Waals surface area contributed by atoms with Crippen molar-refractivity contribution in [1.82, 2.24) is 19.2 Å². The third kappa shape index (κ3) is 3.32. The third-order valence-electron chi connectivity index (χ3n) is 5.52. The Morgan fingerprint density at radius 1 is 1.22 bits per heavy atom. The zero-order valence-corrected chi connectivity index (χ0v) is 18.3. The molecule has 5 rings (SSSR count). The van der Waals surface area contributed by atoms with E-state index >= 15 is 0 Å². The van der Waals surface area contributed by atoms with Crippen molar-refractivity contribution in [3.63, 3.8) is 0 Å². The van der Waals surface area contributed by atoms with Crippen LogP contribution < -0.4 is 16.2 Å². The van der Waals surface area contributed by atoms with Crippen LogP contribution >= 0.6 is 11.3 Å². The Labute approximate surface area is 185 Å². The number of fused-ring (bicyclic) bond motifs is 4. The SMILES string of the molecule is CC1(C)Cc2c(sc3nc4n(-c5ccccc5)c(=O)c(CCC(=O)[O-])nn4c(=O)c23)CO1. The highest BCUT2D eigenvalue weighted by Crippen LogP contribution is 2.36. The van der Waals surface area contributed by atoms with E-state index in [1.54, 1.807) is 24.3 Å². The predicted octanol–water partition coefficient (Wildman–Crippen LogP) is 0.989. The van der Waals surface area contributed by atoms with Crippen LogP contribution in [-0.2, 0) is 29.0 Å². The molecular weight excluding hydrogens is 432 g/mol. The Morgan fingerprint density at radius 2 is 1.97 bits per heavy atom. The average Bonchev–Trinajstić information content (AvgIpc) is 3.10. The second kappa shape index (κ2) is 7.35. The van der Waals surface area contributed by atoms with Gasteiger partial charge in [0.1, 0.15) is 10.5 Å². The van der Waals surface area contributed by atoms with Crippen molar-refractivity contribution in [2.75, 3.05) is 0 Å². The van der Waals surface area contributed by atoms with Crippen LogP contribution in [0.4, 0.5) is 0 Å². The van der Waals surface area contributed by atoms with Gasteiger partial charge in [0.15, 0.2) is 0 Å². The lowest BCUT2D eigenvalue weighted by Crippen LogP contribution is -2.34. The summed E-state index contributed by atoms with van der Waals surface area (Å²) in [6, 6.07) is 8.77. The number of hydrogen-bond acceptors (Lipinski definition) is 8. The quantitative estimate of drug-likeness (QED) is 0.454. The lowest BCUT2D eigenvalue weighted by atomic mass is 9.94. The molecule has 0 atom stereocenters. The minimum Gasteiger partial charge on any atom is -0.550 e. The van der Waals surface area contributed by atoms with Crippen molar-refractivity contribution < 1.29 is 14.6 Å². The molecule has 4 aromatic rings. The molecule has 0 spiro atoms. The molecule has 32 heavy (non-hydrogen) atoms. The van der Waals surface area contributed by atoms with Crippen LogP contribution in [0, 0.1) is 0 Å². The van der Waals surface area contributed by atoms with E-state index in [4.69, 9.17) is 4.74 Å². The number of carbonyl (C=O) groups is 1. The van der Waals surface area contributed by atoms with Crippen LogP contribution in [0.3, 0.4) is 0 Å². The standard InChI is InChI=1S/C22H20N4O5S/c1-22(2)10-13-15(11-31-22)32-18-17(13)20(30)26-21(23-18)25(12-6-4-3-5-7-12)19(29)14(24-26)8-9-16(27)28/h3-7H,8-11H2,1-2H3,(H,27,28)/p-1. The highest BCUT2D eigenvalue weighted by molar-refractivity contribution is 7.18. The number of para-hydroxylation sites is 1. The number of aliphatic carboxylic acids is 1. The molecule has 0 saturated heterocycles. The number of carbonyl (C=O) groups excluding carboxylic acids is 1. The normalized spacial score (nSPS) is 15.2. The fourth-order valence-electron chi connectivity index (χ4n) is 3.98. The highest BCUT2D eigenvalue weighted by Gasteiger charge is 2.31. The van der Waals surface area contributed by atoms with Gasteiger partial charge >= 0.3 is 0 Å². The lowest BCUT2D eigenvalue weighted by molar-refractivity contribution is -0.305. The second-order valence-corrected chi connectivity index (χ2v) is 9.42. The predicted molar refractivity (Wildman–Crippen MR) is 116 cm³/mol. The summed E-state index contributed by atoms with van der Waals surface area (Å²) in [6.45, 7) is 4.32. The number of carboxylic acids is 1. The number of benzene rings is 1. The third-order valence-corrected chi connectivity index (χ3v) is 6.62. The topological polar surface area (TPSA) is 119 Å². The minimum absolute atomic E-state index is 0.0402. The van der Waals surface area contributed by atoms with Crippen LogP contribution in [0.1, 0.15) is 36.4 Å². The molecule has 0 radical (unpaired) electrons. The van der Waals surface area contributed by atoms with Crippen LogP contribution in [0.5, 0.6) is 0 Å². The van der Waals surface area contributed by atoms with Crippen LogP contribution in [0.25, 0.3) is 21.7 Å². The van der Waals surface area contributed by atoms with Gasteiger partial charge in [-0.25, -0.2) is 9.55 Å². The van der Waals surface area contributed by atoms with Gasteiger partial charge in [-0.2, -0.15) is 9.61 Å². The number of ether oxygens (including phenoxy) is 1. The molecule has 10 heteroatoms. The van der Waals surface area contributed by atoms with Gasteiger partial charge in [0.2, 0.25) is 5.78 Å². The summed E-state index contributed by atoms with van der Waals surface area (Å²) in [6.07, 6.45) is 0.0184. The molecule has 0 fully saturated rings. The number of aromatic nitrogens is 4. The average molecular weight is 451 g/mol. The zero-order valence-electron chi connectivity index (χ0n) is 17.5. The van der Waals surface area contributed by atoms with E-state index in [9.17, 15) is 19.5 Å². The van der Waals surface area contributed by atoms with Crippen molar-refractivity contribution in [3.05, 3.63) is 67.2 Å². The number of hydrogen-bond donors (Lipinski definition) is 0. The number of thiophene rings is 1. The molecule has 0 aliphatic carbocycles. The molecule has 1 aliphatic rings. The molecule has 164 valence electrons. The molecule has 0 saturated carbocycles. The molecule has 1 aliphatic heterocycles. The minimum atomic E-state index is -1.30. The first kappa shape index (κ1) is 20.5. The summed E-state index contributed by atoms with van der Waals surface area (Å²) in [4.78, 5) is 44.0. The Morgan fingerprint density at radius 3 is 2.69 bits per heavy atom. The zero-order chi connectivity index (χ0) is 22.6. The number of rotatable bonds is 4. The first-order valence-corrected chi connectivity index (χ1v) is 11.0. The van der Waals surface area contributed by atoms with Gasteiger partial charge in [0.05, 0.1) is 23.3 Å². The summed E-state index contributed by atoms with van der Waals surface area (Å²) in [5, 5.41) is 15.7. The molecule has 0 unspecified atom stereocenters. The second-order valence-electron chi connectivity index (χ2n) is 8.33. The van der Waals surface area contributed by atoms with E-state index in [-0.39, 0.29) is 29.9 Å². The van der Waals surface area contributed by atoms with Gasteiger partial charge in [-0.15, -0.1) is 11.3 Å². The Balaban J connectivity index is 1.86. The van der Waals surface area contributed by atoms with Crippen molar-refractivity contribution in [3.8, 4) is 5.69 Å². The molecule has 0 bridgehead atoms. The summed E-state index contributed by atoms with van der Waals surface area (Å²) >= 11 is 1.38. The molecule has 1 aromatic carbocycles. The molecule has 9 nitrogen and oxygen atoms in total. The molecule has 3 aromatic heterocycles. The van der Waals surface area contributed by atoms with Gasteiger partial charge in [-0.05, 0) is 38.0 Å². The van der Waals surface area contributed by atoms with Crippen molar-refractivity contribution >= 4 is 33.3 Å². The number of carboxylic acid groups (broad SMARTS) is 1. The fourth-order valence-corrected chi connectivity index (χ4v) is 5.07. The fraction of sp³-hybridized carbons (Fsp3) is 0.318. The van der Waals surface area contributed by atoms with E-state index in [0.717, 1.165) is 15.0 Å². The first-order chi connectivity index (χ1) is 15.2. The maximum Gasteiger partial charge on any atom is 0.284 e. The van der Waals surface area contributed by atoms with Crippen molar-refractivity contribution in [2.45, 2.75) is 45.3 Å². The number of aryl methyl sites for hydroxylation is 1. The van der Waals surface area contributed by atoms with Gasteiger partial charge < -0.3 is 14.6 Å². The summed E-state index contributed by atoms with van der Waals surface area (Å²) in [5.41, 5.74) is 0.0339. The van der Waals surface area contributed by atoms with Gasteiger partial charge in [0.25, 0.3) is 11.1 Å². The van der Waals surface area contributed by atoms with E-state index in [2.05, 4.69) is 10.1 Å². The van der Waals surface area contributed by atoms with Crippen LogP contribution in [0.2, 0.25) is 0 Å². The molecule has 0 N–H and O–H groups in total. The largest absolute Gasteiger partial charge is 0.550 e. The van der Waals surface area contributed by atoms with Gasteiger partial charge in [-0.3, -0.25) is 9.59 Å². The van der Waals surface area contributed by atoms with E-state index in [1.165, 1.54) is 15.9 Å². The maximum absolute atomic E-state index is 13.6. The summed E-state index contributed by atoms with van der Waals surface area (Å²) in [5.74, 6) is -1.22. The molecule has 0 amide bonds. The Kier molecular flexibility index (Phi) is 4.72. The first-order valence-electron chi connectivity index (χ1n) is 10.1. The molecular formula is C22H19N4O5S-. The highest BCUT2D eigenvalue weighted by atomic mass is 32.1. The van der Waals surface area contributed by atoms with Gasteiger partial charge in [-0.1, -0.05) is 18.2 Å². The van der Waals surface area contributed by atoms with E-state index in [0.29, 0.717) is 28.9 Å². The Hall–Kier alpha value is -3.37. The monoisotopic (exact) mass is 451 g/mol. The maximum atomic E-state index is 13.6. The van der Waals surface area contributed by atoms with Crippen LogP contribution in [0.15, 0.2) is 39.9 Å². The summed E-state index contributed by atoms with van der Waals surface area (Å²) in [7, 11) is 0. The van der Waals surface area contributed by atoms with Crippen molar-refractivity contribution in [1.29, 1.82) is 0 Å². The summed E-state index contributed by atoms with van der Waals surface area (Å²) < 4.78 is 8.30. The van der Waals surface area contributed by atoms with E-state index < -0.39 is 17.1 Å². The number of nitrogens with zero attached hydrogens (tertiary/aromatic N) is 4. The molecule has 4 heterocycles. The lowest BCUT2D eigenvalue weighted by Gasteiger charge is -2.29.